The summed E-state index contributed by atoms with van der Waals surface area (Å²) in [5.41, 5.74) is 2.94. The van der Waals surface area contributed by atoms with Crippen LogP contribution in [0.1, 0.15) is 11.4 Å². The van der Waals surface area contributed by atoms with Crippen molar-refractivity contribution >= 4 is 12.1 Å². The number of nitrogens with zero attached hydrogens (tertiary/aromatic N) is 3. The van der Waals surface area contributed by atoms with Gasteiger partial charge >= 0.3 is 0 Å². The maximum absolute atomic E-state index is 11.6. The Labute approximate surface area is 110 Å². The van der Waals surface area contributed by atoms with E-state index in [-0.39, 0.29) is 18.2 Å². The molecule has 0 aliphatic rings. The number of nitrogens with one attached hydrogen (secondary N) is 1. The Morgan fingerprint density at radius 2 is 2.32 bits per heavy atom. The summed E-state index contributed by atoms with van der Waals surface area (Å²) < 4.78 is 1.71. The molecule has 0 saturated carbocycles. The zero-order chi connectivity index (χ0) is 13.7. The minimum Gasteiger partial charge on any atom is -0.507 e. The average Bonchev–Trinajstić information content (AvgIpc) is 2.77. The number of aryl methyl sites for hydroxylation is 1. The van der Waals surface area contributed by atoms with Crippen molar-refractivity contribution < 1.29 is 9.90 Å². The van der Waals surface area contributed by atoms with Crippen LogP contribution in [0.15, 0.2) is 41.8 Å². The Morgan fingerprint density at radius 1 is 1.53 bits per heavy atom. The molecule has 1 aromatic carbocycles. The highest BCUT2D eigenvalue weighted by atomic mass is 16.3. The first kappa shape index (κ1) is 12.8. The molecule has 0 aliphatic heterocycles. The van der Waals surface area contributed by atoms with Crippen LogP contribution in [0.4, 0.5) is 0 Å². The van der Waals surface area contributed by atoms with Crippen LogP contribution in [0.2, 0.25) is 0 Å². The number of phenols is 1. The van der Waals surface area contributed by atoms with Crippen LogP contribution in [0.5, 0.6) is 5.75 Å². The number of phenolic OH excluding ortho intramolecular Hbond substituents is 1. The van der Waals surface area contributed by atoms with Gasteiger partial charge in [-0.1, -0.05) is 12.1 Å². The van der Waals surface area contributed by atoms with Crippen LogP contribution < -0.4 is 5.43 Å². The Hall–Kier alpha value is -2.63. The molecular formula is C13H14N4O2. The molecule has 1 amide bonds. The number of imidazole rings is 1. The van der Waals surface area contributed by atoms with Gasteiger partial charge in [-0.15, -0.1) is 0 Å². The smallest absolute Gasteiger partial charge is 0.260 e. The van der Waals surface area contributed by atoms with E-state index in [1.165, 1.54) is 6.21 Å². The summed E-state index contributed by atoms with van der Waals surface area (Å²) in [6.07, 6.45) is 4.75. The third kappa shape index (κ3) is 3.41. The minimum absolute atomic E-state index is 0.117. The van der Waals surface area contributed by atoms with E-state index in [9.17, 15) is 9.90 Å². The Bertz CT molecular complexity index is 604. The highest BCUT2D eigenvalue weighted by Gasteiger charge is 2.03. The summed E-state index contributed by atoms with van der Waals surface area (Å²) >= 11 is 0. The molecule has 0 saturated heterocycles. The number of carbonyl (C=O) groups excluding carboxylic acids is 1. The molecule has 19 heavy (non-hydrogen) atoms. The van der Waals surface area contributed by atoms with Gasteiger partial charge in [-0.05, 0) is 19.1 Å². The van der Waals surface area contributed by atoms with Gasteiger partial charge in [-0.25, -0.2) is 10.4 Å². The molecule has 0 radical (unpaired) electrons. The number of hydrogen-bond acceptors (Lipinski definition) is 4. The van der Waals surface area contributed by atoms with Gasteiger partial charge in [0, 0.05) is 18.0 Å². The second kappa shape index (κ2) is 5.81. The largest absolute Gasteiger partial charge is 0.507 e. The number of rotatable bonds is 4. The number of amides is 1. The second-order valence-electron chi connectivity index (χ2n) is 3.95. The highest BCUT2D eigenvalue weighted by Crippen LogP contribution is 2.12. The number of hydrazone groups is 1. The lowest BCUT2D eigenvalue weighted by Gasteiger charge is -2.03. The molecule has 1 aromatic heterocycles. The summed E-state index contributed by atoms with van der Waals surface area (Å²) in [6, 6.07) is 6.74. The molecular weight excluding hydrogens is 244 g/mol. The molecule has 0 spiro atoms. The first-order chi connectivity index (χ1) is 9.16. The van der Waals surface area contributed by atoms with Crippen molar-refractivity contribution in [3.63, 3.8) is 0 Å². The number of aromatic nitrogens is 2. The predicted molar refractivity (Wildman–Crippen MR) is 70.8 cm³/mol. The first-order valence-electron chi connectivity index (χ1n) is 5.74. The third-order valence-electron chi connectivity index (χ3n) is 2.57. The molecule has 6 heteroatoms. The third-order valence-corrected chi connectivity index (χ3v) is 2.57. The summed E-state index contributed by atoms with van der Waals surface area (Å²) in [7, 11) is 0. The molecule has 0 aliphatic carbocycles. The van der Waals surface area contributed by atoms with Gasteiger partial charge < -0.3 is 9.67 Å². The van der Waals surface area contributed by atoms with Gasteiger partial charge in [0.15, 0.2) is 0 Å². The fourth-order valence-electron chi connectivity index (χ4n) is 1.53. The van der Waals surface area contributed by atoms with Crippen molar-refractivity contribution in [2.24, 2.45) is 5.10 Å². The molecule has 2 N–H and O–H groups in total. The SMILES string of the molecule is Cc1nccn1CC(=O)NN=Cc1ccccc1O. The predicted octanol–water partition coefficient (Wildman–Crippen LogP) is 1.05. The summed E-state index contributed by atoms with van der Waals surface area (Å²) in [6.45, 7) is 1.97. The molecule has 0 bridgehead atoms. The lowest BCUT2D eigenvalue weighted by molar-refractivity contribution is -0.121. The van der Waals surface area contributed by atoms with E-state index < -0.39 is 0 Å². The Balaban J connectivity index is 1.91. The van der Waals surface area contributed by atoms with Crippen LogP contribution >= 0.6 is 0 Å². The average molecular weight is 258 g/mol. The van der Waals surface area contributed by atoms with Crippen molar-refractivity contribution in [1.29, 1.82) is 0 Å². The standard InChI is InChI=1S/C13H14N4O2/c1-10-14-6-7-17(10)9-13(19)16-15-8-11-4-2-3-5-12(11)18/h2-8,18H,9H2,1H3,(H,16,19). The molecule has 0 fully saturated rings. The van der Waals surface area contributed by atoms with Gasteiger partial charge in [0.1, 0.15) is 18.1 Å². The van der Waals surface area contributed by atoms with Crippen LogP contribution in [0, 0.1) is 6.92 Å². The maximum Gasteiger partial charge on any atom is 0.260 e. The van der Waals surface area contributed by atoms with Gasteiger partial charge in [-0.3, -0.25) is 4.79 Å². The number of hydrogen-bond donors (Lipinski definition) is 2. The number of aromatic hydroxyl groups is 1. The van der Waals surface area contributed by atoms with Crippen molar-refractivity contribution in [2.45, 2.75) is 13.5 Å². The zero-order valence-corrected chi connectivity index (χ0v) is 10.4. The second-order valence-corrected chi connectivity index (χ2v) is 3.95. The van der Waals surface area contributed by atoms with E-state index in [2.05, 4.69) is 15.5 Å². The maximum atomic E-state index is 11.6. The molecule has 1 heterocycles. The van der Waals surface area contributed by atoms with E-state index in [1.807, 2.05) is 6.92 Å². The fourth-order valence-corrected chi connectivity index (χ4v) is 1.53. The van der Waals surface area contributed by atoms with Gasteiger partial charge in [0.2, 0.25) is 0 Å². The quantitative estimate of drug-likeness (QED) is 0.635. The monoisotopic (exact) mass is 258 g/mol. The fraction of sp³-hybridized carbons (Fsp3) is 0.154. The van der Waals surface area contributed by atoms with Gasteiger partial charge in [-0.2, -0.15) is 5.10 Å². The molecule has 0 unspecified atom stereocenters. The van der Waals surface area contributed by atoms with Crippen LogP contribution in [0.25, 0.3) is 0 Å². The Morgan fingerprint density at radius 3 is 3.00 bits per heavy atom. The molecule has 6 nitrogen and oxygen atoms in total. The van der Waals surface area contributed by atoms with Crippen LogP contribution in [-0.2, 0) is 11.3 Å². The number of benzene rings is 1. The molecule has 98 valence electrons. The highest BCUT2D eigenvalue weighted by molar-refractivity contribution is 5.84. The number of para-hydroxylation sites is 1. The first-order valence-corrected chi connectivity index (χ1v) is 5.74. The topological polar surface area (TPSA) is 79.5 Å². The Kier molecular flexibility index (Phi) is 3.92. The molecule has 2 aromatic rings. The van der Waals surface area contributed by atoms with Crippen molar-refractivity contribution in [3.8, 4) is 5.75 Å². The zero-order valence-electron chi connectivity index (χ0n) is 10.4. The van der Waals surface area contributed by atoms with Gasteiger partial charge in [0.25, 0.3) is 5.91 Å². The van der Waals surface area contributed by atoms with E-state index in [0.717, 1.165) is 5.82 Å². The lowest BCUT2D eigenvalue weighted by Crippen LogP contribution is -2.23. The normalized spacial score (nSPS) is 10.8. The van der Waals surface area contributed by atoms with Crippen molar-refractivity contribution in [1.82, 2.24) is 15.0 Å². The van der Waals surface area contributed by atoms with E-state index in [4.69, 9.17) is 0 Å². The minimum atomic E-state index is -0.257. The number of carbonyl (C=O) groups is 1. The van der Waals surface area contributed by atoms with Gasteiger partial charge in [0.05, 0.1) is 6.21 Å². The van der Waals surface area contributed by atoms with E-state index >= 15 is 0 Å². The molecule has 0 atom stereocenters. The van der Waals surface area contributed by atoms with E-state index in [0.29, 0.717) is 5.56 Å². The van der Waals surface area contributed by atoms with Crippen molar-refractivity contribution in [2.75, 3.05) is 0 Å². The lowest BCUT2D eigenvalue weighted by atomic mass is 10.2. The van der Waals surface area contributed by atoms with Crippen LogP contribution in [-0.4, -0.2) is 26.8 Å². The van der Waals surface area contributed by atoms with Crippen molar-refractivity contribution in [3.05, 3.63) is 48.0 Å². The summed E-state index contributed by atoms with van der Waals surface area (Å²) in [5.74, 6) is 0.624. The molecule has 2 rings (SSSR count). The summed E-state index contributed by atoms with van der Waals surface area (Å²) in [5, 5.41) is 13.3. The summed E-state index contributed by atoms with van der Waals surface area (Å²) in [4.78, 5) is 15.6. The van der Waals surface area contributed by atoms with E-state index in [1.54, 1.807) is 41.2 Å². The van der Waals surface area contributed by atoms with Crippen LogP contribution in [0.3, 0.4) is 0 Å².